The number of nitrogens with zero attached hydrogens (tertiary/aromatic N) is 2. The van der Waals surface area contributed by atoms with Crippen LogP contribution in [-0.4, -0.2) is 35.4 Å². The van der Waals surface area contributed by atoms with Crippen LogP contribution in [0.5, 0.6) is 5.75 Å². The number of nitrogens with one attached hydrogen (secondary N) is 2. The third-order valence-corrected chi connectivity index (χ3v) is 3.09. The standard InChI is InChI=1S/C16H22N4O3/c1-11-4-6-14(7-5-11)22-10-12(2)18-16(21)17-9-8-15-19-13(3)20-23-15/h4-7,12H,8-10H2,1-3H3,(H2,17,18,21)/t12-/m0/s1. The third-order valence-electron chi connectivity index (χ3n) is 3.09. The molecule has 7 heteroatoms. The first-order valence-electron chi connectivity index (χ1n) is 7.56. The molecule has 23 heavy (non-hydrogen) atoms. The number of aromatic nitrogens is 2. The summed E-state index contributed by atoms with van der Waals surface area (Å²) >= 11 is 0. The van der Waals surface area contributed by atoms with Crippen LogP contribution < -0.4 is 15.4 Å². The molecule has 2 aromatic rings. The molecule has 2 amide bonds. The van der Waals surface area contributed by atoms with E-state index in [0.29, 0.717) is 31.3 Å². The lowest BCUT2D eigenvalue weighted by molar-refractivity contribution is 0.226. The van der Waals surface area contributed by atoms with E-state index in [4.69, 9.17) is 9.26 Å². The lowest BCUT2D eigenvalue weighted by Gasteiger charge is -2.15. The Kier molecular flexibility index (Phi) is 5.96. The maximum atomic E-state index is 11.8. The normalized spacial score (nSPS) is 11.8. The zero-order chi connectivity index (χ0) is 16.7. The predicted octanol–water partition coefficient (Wildman–Crippen LogP) is 2.00. The molecule has 2 rings (SSSR count). The summed E-state index contributed by atoms with van der Waals surface area (Å²) in [5.41, 5.74) is 1.18. The smallest absolute Gasteiger partial charge is 0.315 e. The molecular weight excluding hydrogens is 296 g/mol. The second-order valence-electron chi connectivity index (χ2n) is 5.41. The minimum absolute atomic E-state index is 0.109. The molecule has 0 saturated heterocycles. The minimum atomic E-state index is -0.249. The highest BCUT2D eigenvalue weighted by Crippen LogP contribution is 2.11. The van der Waals surface area contributed by atoms with Gasteiger partial charge in [-0.1, -0.05) is 22.9 Å². The van der Waals surface area contributed by atoms with Gasteiger partial charge in [0.15, 0.2) is 5.82 Å². The fourth-order valence-corrected chi connectivity index (χ4v) is 1.90. The molecule has 0 spiro atoms. The Morgan fingerprint density at radius 3 is 2.70 bits per heavy atom. The molecule has 0 fully saturated rings. The Morgan fingerprint density at radius 2 is 2.04 bits per heavy atom. The van der Waals surface area contributed by atoms with Gasteiger partial charge in [0.2, 0.25) is 5.89 Å². The minimum Gasteiger partial charge on any atom is -0.491 e. The number of ether oxygens (including phenoxy) is 1. The van der Waals surface area contributed by atoms with Crippen molar-refractivity contribution < 1.29 is 14.1 Å². The van der Waals surface area contributed by atoms with Gasteiger partial charge < -0.3 is 19.9 Å². The average Bonchev–Trinajstić information content (AvgIpc) is 2.92. The summed E-state index contributed by atoms with van der Waals surface area (Å²) < 4.78 is 10.6. The van der Waals surface area contributed by atoms with Gasteiger partial charge in [0.1, 0.15) is 12.4 Å². The van der Waals surface area contributed by atoms with Gasteiger partial charge in [-0.15, -0.1) is 0 Å². The number of urea groups is 1. The van der Waals surface area contributed by atoms with Crippen LogP contribution in [0.15, 0.2) is 28.8 Å². The lowest BCUT2D eigenvalue weighted by atomic mass is 10.2. The van der Waals surface area contributed by atoms with Gasteiger partial charge in [0.25, 0.3) is 0 Å². The molecule has 0 aliphatic heterocycles. The van der Waals surface area contributed by atoms with E-state index in [9.17, 15) is 4.79 Å². The van der Waals surface area contributed by atoms with E-state index in [0.717, 1.165) is 5.75 Å². The molecule has 0 aliphatic rings. The zero-order valence-corrected chi connectivity index (χ0v) is 13.6. The van der Waals surface area contributed by atoms with Crippen molar-refractivity contribution in [1.82, 2.24) is 20.8 Å². The molecule has 124 valence electrons. The Balaban J connectivity index is 1.63. The number of rotatable bonds is 7. The summed E-state index contributed by atoms with van der Waals surface area (Å²) in [6.45, 7) is 6.49. The van der Waals surface area contributed by atoms with Crippen LogP contribution in [0, 0.1) is 13.8 Å². The number of hydrogen-bond acceptors (Lipinski definition) is 5. The quantitative estimate of drug-likeness (QED) is 0.815. The first-order valence-corrected chi connectivity index (χ1v) is 7.56. The van der Waals surface area contributed by atoms with Crippen molar-refractivity contribution >= 4 is 6.03 Å². The molecule has 1 atom stereocenters. The number of amides is 2. The van der Waals surface area contributed by atoms with Crippen LogP contribution in [0.3, 0.4) is 0 Å². The zero-order valence-electron chi connectivity index (χ0n) is 13.6. The average molecular weight is 318 g/mol. The fourth-order valence-electron chi connectivity index (χ4n) is 1.90. The van der Waals surface area contributed by atoms with Gasteiger partial charge in [-0.2, -0.15) is 4.98 Å². The lowest BCUT2D eigenvalue weighted by Crippen LogP contribution is -2.43. The maximum Gasteiger partial charge on any atom is 0.315 e. The highest BCUT2D eigenvalue weighted by Gasteiger charge is 2.08. The van der Waals surface area contributed by atoms with Crippen LogP contribution in [-0.2, 0) is 6.42 Å². The number of carbonyl (C=O) groups excluding carboxylic acids is 1. The number of carbonyl (C=O) groups is 1. The van der Waals surface area contributed by atoms with Crippen molar-refractivity contribution in [2.24, 2.45) is 0 Å². The topological polar surface area (TPSA) is 89.3 Å². The maximum absolute atomic E-state index is 11.8. The van der Waals surface area contributed by atoms with Crippen LogP contribution in [0.1, 0.15) is 24.2 Å². The Labute approximate surface area is 135 Å². The first-order chi connectivity index (χ1) is 11.0. The Bertz CT molecular complexity index is 625. The van der Waals surface area contributed by atoms with Crippen molar-refractivity contribution in [3.8, 4) is 5.75 Å². The first kappa shape index (κ1) is 16.8. The molecule has 1 heterocycles. The van der Waals surface area contributed by atoms with E-state index in [1.165, 1.54) is 5.56 Å². The van der Waals surface area contributed by atoms with Gasteiger partial charge in [-0.25, -0.2) is 4.79 Å². The highest BCUT2D eigenvalue weighted by atomic mass is 16.5. The summed E-state index contributed by atoms with van der Waals surface area (Å²) in [5, 5.41) is 9.25. The van der Waals surface area contributed by atoms with Crippen molar-refractivity contribution in [3.05, 3.63) is 41.5 Å². The molecule has 1 aromatic carbocycles. The number of benzene rings is 1. The van der Waals surface area contributed by atoms with E-state index in [1.807, 2.05) is 38.1 Å². The summed E-state index contributed by atoms with van der Waals surface area (Å²) in [4.78, 5) is 15.8. The SMILES string of the molecule is Cc1ccc(OC[C@H](C)NC(=O)NCCc2nc(C)no2)cc1. The number of aryl methyl sites for hydroxylation is 2. The van der Waals surface area contributed by atoms with Crippen LogP contribution in [0.2, 0.25) is 0 Å². The molecule has 0 radical (unpaired) electrons. The largest absolute Gasteiger partial charge is 0.491 e. The van der Waals surface area contributed by atoms with Gasteiger partial charge >= 0.3 is 6.03 Å². The fraction of sp³-hybridized carbons (Fsp3) is 0.438. The van der Waals surface area contributed by atoms with Gasteiger partial charge in [0, 0.05) is 13.0 Å². The molecule has 2 N–H and O–H groups in total. The summed E-state index contributed by atoms with van der Waals surface area (Å²) in [6.07, 6.45) is 0.502. The molecule has 0 aliphatic carbocycles. The van der Waals surface area contributed by atoms with Crippen molar-refractivity contribution in [2.75, 3.05) is 13.2 Å². The summed E-state index contributed by atoms with van der Waals surface area (Å²) in [5.74, 6) is 1.89. The highest BCUT2D eigenvalue weighted by molar-refractivity contribution is 5.74. The summed E-state index contributed by atoms with van der Waals surface area (Å²) in [7, 11) is 0. The van der Waals surface area contributed by atoms with E-state index < -0.39 is 0 Å². The van der Waals surface area contributed by atoms with Gasteiger partial charge in [-0.05, 0) is 32.9 Å². The van der Waals surface area contributed by atoms with Crippen molar-refractivity contribution in [1.29, 1.82) is 0 Å². The molecular formula is C16H22N4O3. The molecule has 0 unspecified atom stereocenters. The Morgan fingerprint density at radius 1 is 1.30 bits per heavy atom. The molecule has 0 saturated carbocycles. The monoisotopic (exact) mass is 318 g/mol. The van der Waals surface area contributed by atoms with E-state index >= 15 is 0 Å². The second-order valence-corrected chi connectivity index (χ2v) is 5.41. The molecule has 0 bridgehead atoms. The van der Waals surface area contributed by atoms with Crippen molar-refractivity contribution in [2.45, 2.75) is 33.2 Å². The van der Waals surface area contributed by atoms with E-state index in [1.54, 1.807) is 6.92 Å². The van der Waals surface area contributed by atoms with E-state index in [2.05, 4.69) is 20.8 Å². The molecule has 7 nitrogen and oxygen atoms in total. The van der Waals surface area contributed by atoms with Crippen LogP contribution in [0.4, 0.5) is 4.79 Å². The number of hydrogen-bond donors (Lipinski definition) is 2. The van der Waals surface area contributed by atoms with Gasteiger partial charge in [-0.3, -0.25) is 0 Å². The van der Waals surface area contributed by atoms with Crippen molar-refractivity contribution in [3.63, 3.8) is 0 Å². The third kappa shape index (κ3) is 5.98. The Hall–Kier alpha value is -2.57. The van der Waals surface area contributed by atoms with Gasteiger partial charge in [0.05, 0.1) is 6.04 Å². The predicted molar refractivity (Wildman–Crippen MR) is 85.4 cm³/mol. The van der Waals surface area contributed by atoms with E-state index in [-0.39, 0.29) is 12.1 Å². The second kappa shape index (κ2) is 8.17. The molecule has 1 aromatic heterocycles. The summed E-state index contributed by atoms with van der Waals surface area (Å²) in [6, 6.07) is 7.44. The van der Waals surface area contributed by atoms with Crippen LogP contribution in [0.25, 0.3) is 0 Å². The van der Waals surface area contributed by atoms with Crippen LogP contribution >= 0.6 is 0 Å².